The minimum Gasteiger partial charge on any atom is -0.349 e. The summed E-state index contributed by atoms with van der Waals surface area (Å²) in [6, 6.07) is 17.5. The quantitative estimate of drug-likeness (QED) is 0.937. The van der Waals surface area contributed by atoms with Crippen molar-refractivity contribution in [3.63, 3.8) is 0 Å². The highest BCUT2D eigenvalue weighted by Gasteiger charge is 2.24. The monoisotopic (exact) mass is 294 g/mol. The van der Waals surface area contributed by atoms with E-state index in [-0.39, 0.29) is 5.91 Å². The molecule has 21 heavy (non-hydrogen) atoms. The van der Waals surface area contributed by atoms with E-state index in [4.69, 9.17) is 5.26 Å². The number of nitrogens with one attached hydrogen (secondary N) is 1. The first-order valence-electron chi connectivity index (χ1n) is 6.85. The number of hydrogen-bond donors (Lipinski definition) is 1. The number of hydrogen-bond acceptors (Lipinski definition) is 3. The van der Waals surface area contributed by atoms with Gasteiger partial charge >= 0.3 is 0 Å². The summed E-state index contributed by atoms with van der Waals surface area (Å²) < 4.78 is 0. The minimum atomic E-state index is -0.0324. The zero-order valence-electron chi connectivity index (χ0n) is 11.4. The van der Waals surface area contributed by atoms with E-state index in [0.717, 1.165) is 22.6 Å². The van der Waals surface area contributed by atoms with E-state index >= 15 is 0 Å². The van der Waals surface area contributed by atoms with Crippen LogP contribution in [0.5, 0.6) is 0 Å². The van der Waals surface area contributed by atoms with Crippen molar-refractivity contribution in [2.45, 2.75) is 28.7 Å². The Bertz CT molecular complexity index is 717. The summed E-state index contributed by atoms with van der Waals surface area (Å²) in [4.78, 5) is 14.0. The molecule has 104 valence electrons. The number of rotatable bonds is 4. The lowest BCUT2D eigenvalue weighted by atomic mass is 10.2. The smallest absolute Gasteiger partial charge is 0.252 e. The Kier molecular flexibility index (Phi) is 3.94. The van der Waals surface area contributed by atoms with Crippen molar-refractivity contribution in [2.24, 2.45) is 0 Å². The zero-order valence-corrected chi connectivity index (χ0v) is 12.2. The molecule has 1 aliphatic carbocycles. The van der Waals surface area contributed by atoms with Crippen molar-refractivity contribution in [2.75, 3.05) is 0 Å². The van der Waals surface area contributed by atoms with Gasteiger partial charge in [-0.3, -0.25) is 4.79 Å². The Morgan fingerprint density at radius 2 is 1.76 bits per heavy atom. The molecule has 2 aromatic rings. The molecule has 1 N–H and O–H groups in total. The van der Waals surface area contributed by atoms with E-state index in [1.54, 1.807) is 6.07 Å². The number of nitriles is 1. The predicted octanol–water partition coefficient (Wildman–Crippen LogP) is 3.60. The Morgan fingerprint density at radius 3 is 2.48 bits per heavy atom. The molecule has 0 unspecified atom stereocenters. The molecule has 3 rings (SSSR count). The summed E-state index contributed by atoms with van der Waals surface area (Å²) in [6.07, 6.45) is 2.14. The zero-order chi connectivity index (χ0) is 14.7. The summed E-state index contributed by atoms with van der Waals surface area (Å²) >= 11 is 1.46. The maximum absolute atomic E-state index is 12.3. The van der Waals surface area contributed by atoms with Crippen LogP contribution < -0.4 is 5.32 Å². The van der Waals surface area contributed by atoms with Crippen molar-refractivity contribution >= 4 is 17.7 Å². The molecule has 0 heterocycles. The number of carbonyl (C=O) groups excluding carboxylic acids is 1. The molecule has 3 nitrogen and oxygen atoms in total. The molecular formula is C17H14N2OS. The Morgan fingerprint density at radius 1 is 1.10 bits per heavy atom. The number of amides is 1. The third-order valence-electron chi connectivity index (χ3n) is 3.27. The van der Waals surface area contributed by atoms with Crippen LogP contribution >= 0.6 is 11.8 Å². The fourth-order valence-electron chi connectivity index (χ4n) is 2.00. The van der Waals surface area contributed by atoms with Gasteiger partial charge < -0.3 is 5.32 Å². The van der Waals surface area contributed by atoms with E-state index in [9.17, 15) is 4.79 Å². The molecule has 1 fully saturated rings. The topological polar surface area (TPSA) is 52.9 Å². The van der Waals surface area contributed by atoms with Crippen molar-refractivity contribution in [3.05, 3.63) is 59.7 Å². The molecule has 2 aromatic carbocycles. The summed E-state index contributed by atoms with van der Waals surface area (Å²) in [6.45, 7) is 0. The first-order valence-corrected chi connectivity index (χ1v) is 7.66. The molecular weight excluding hydrogens is 280 g/mol. The van der Waals surface area contributed by atoms with Crippen LogP contribution in [-0.2, 0) is 0 Å². The van der Waals surface area contributed by atoms with Crippen molar-refractivity contribution in [1.29, 1.82) is 5.26 Å². The van der Waals surface area contributed by atoms with Crippen LogP contribution in [0.2, 0.25) is 0 Å². The van der Waals surface area contributed by atoms with Crippen LogP contribution in [0.15, 0.2) is 58.3 Å². The maximum atomic E-state index is 12.3. The number of benzene rings is 2. The second kappa shape index (κ2) is 6.02. The minimum absolute atomic E-state index is 0.0324. The molecule has 1 aliphatic rings. The van der Waals surface area contributed by atoms with Gasteiger partial charge in [0.15, 0.2) is 0 Å². The second-order valence-electron chi connectivity index (χ2n) is 4.95. The van der Waals surface area contributed by atoms with Gasteiger partial charge in [0.2, 0.25) is 0 Å². The van der Waals surface area contributed by atoms with Crippen molar-refractivity contribution in [3.8, 4) is 6.07 Å². The van der Waals surface area contributed by atoms with E-state index in [1.165, 1.54) is 11.8 Å². The van der Waals surface area contributed by atoms with Gasteiger partial charge in [-0.05, 0) is 37.1 Å². The van der Waals surface area contributed by atoms with Gasteiger partial charge in [0.25, 0.3) is 5.91 Å². The molecule has 0 radical (unpaired) electrons. The fraction of sp³-hybridized carbons (Fsp3) is 0.176. The lowest BCUT2D eigenvalue weighted by Gasteiger charge is -2.10. The van der Waals surface area contributed by atoms with Gasteiger partial charge in [0.1, 0.15) is 6.07 Å². The molecule has 0 aromatic heterocycles. The maximum Gasteiger partial charge on any atom is 0.252 e. The first-order chi connectivity index (χ1) is 10.3. The van der Waals surface area contributed by atoms with Gasteiger partial charge in [-0.2, -0.15) is 5.26 Å². The highest BCUT2D eigenvalue weighted by molar-refractivity contribution is 7.99. The van der Waals surface area contributed by atoms with Crippen LogP contribution in [0.4, 0.5) is 0 Å². The molecule has 0 aliphatic heterocycles. The Hall–Kier alpha value is -2.25. The lowest BCUT2D eigenvalue weighted by molar-refractivity contribution is 0.0948. The van der Waals surface area contributed by atoms with Crippen molar-refractivity contribution < 1.29 is 4.79 Å². The van der Waals surface area contributed by atoms with E-state index in [1.807, 2.05) is 42.5 Å². The Labute approximate surface area is 128 Å². The molecule has 0 atom stereocenters. The molecule has 1 amide bonds. The SMILES string of the molecule is N#Cc1ccccc1Sc1ccccc1C(=O)NC1CC1. The van der Waals surface area contributed by atoms with Crippen LogP contribution in [0.25, 0.3) is 0 Å². The third-order valence-corrected chi connectivity index (χ3v) is 4.42. The van der Waals surface area contributed by atoms with E-state index < -0.39 is 0 Å². The predicted molar refractivity (Wildman–Crippen MR) is 82.2 cm³/mol. The average molecular weight is 294 g/mol. The van der Waals surface area contributed by atoms with Crippen LogP contribution in [0, 0.1) is 11.3 Å². The molecule has 0 bridgehead atoms. The molecule has 4 heteroatoms. The first kappa shape index (κ1) is 13.7. The standard InChI is InChI=1S/C17H14N2OS/c18-11-12-5-1-3-7-15(12)21-16-8-4-2-6-14(16)17(20)19-13-9-10-13/h1-8,13H,9-10H2,(H,19,20). The highest BCUT2D eigenvalue weighted by atomic mass is 32.2. The summed E-state index contributed by atoms with van der Waals surface area (Å²) in [5.74, 6) is -0.0324. The van der Waals surface area contributed by atoms with Gasteiger partial charge in [-0.1, -0.05) is 36.0 Å². The van der Waals surface area contributed by atoms with Crippen LogP contribution in [-0.4, -0.2) is 11.9 Å². The Balaban J connectivity index is 1.88. The number of nitrogens with zero attached hydrogens (tertiary/aromatic N) is 1. The van der Waals surface area contributed by atoms with Gasteiger partial charge in [-0.15, -0.1) is 0 Å². The van der Waals surface area contributed by atoms with Gasteiger partial charge in [-0.25, -0.2) is 0 Å². The lowest BCUT2D eigenvalue weighted by Crippen LogP contribution is -2.25. The largest absolute Gasteiger partial charge is 0.349 e. The van der Waals surface area contributed by atoms with E-state index in [2.05, 4.69) is 11.4 Å². The van der Waals surface area contributed by atoms with Crippen LogP contribution in [0.3, 0.4) is 0 Å². The van der Waals surface area contributed by atoms with E-state index in [0.29, 0.717) is 17.2 Å². The normalized spacial score (nSPS) is 13.5. The highest BCUT2D eigenvalue weighted by Crippen LogP contribution is 2.33. The molecule has 0 saturated heterocycles. The summed E-state index contributed by atoms with van der Waals surface area (Å²) in [5, 5.41) is 12.2. The fourth-order valence-corrected chi connectivity index (χ4v) is 3.02. The summed E-state index contributed by atoms with van der Waals surface area (Å²) in [7, 11) is 0. The van der Waals surface area contributed by atoms with Crippen molar-refractivity contribution in [1.82, 2.24) is 5.32 Å². The number of carbonyl (C=O) groups is 1. The average Bonchev–Trinajstić information content (AvgIpc) is 3.32. The molecule has 1 saturated carbocycles. The van der Waals surface area contributed by atoms with Gasteiger partial charge in [0.05, 0.1) is 11.1 Å². The van der Waals surface area contributed by atoms with Crippen LogP contribution in [0.1, 0.15) is 28.8 Å². The third kappa shape index (κ3) is 3.26. The summed E-state index contributed by atoms with van der Waals surface area (Å²) in [5.41, 5.74) is 1.29. The second-order valence-corrected chi connectivity index (χ2v) is 6.04. The molecule has 0 spiro atoms. The van der Waals surface area contributed by atoms with Gasteiger partial charge in [0, 0.05) is 15.8 Å².